The number of hydrogen-bond acceptors (Lipinski definition) is 6. The standard InChI is InChI=1S/C25H20N4O5S/c26-15-16-5-7-17(8-6-16)34-18-9-11-19(12-10-18)35(32,33)29-14-13-21-20-3-1-2-4-22(20)27-23(21)24(29)25(30)28-31/h1-12,24,27,31H,13-14H2,(H,28,30). The lowest BCUT2D eigenvalue weighted by Gasteiger charge is -2.33. The second-order valence-corrected chi connectivity index (χ2v) is 9.91. The summed E-state index contributed by atoms with van der Waals surface area (Å²) in [5, 5.41) is 19.2. The third kappa shape index (κ3) is 4.02. The quantitative estimate of drug-likeness (QED) is 0.290. The Morgan fingerprint density at radius 1 is 1.06 bits per heavy atom. The lowest BCUT2D eigenvalue weighted by atomic mass is 9.99. The summed E-state index contributed by atoms with van der Waals surface area (Å²) in [5.41, 5.74) is 4.19. The molecule has 0 fully saturated rings. The van der Waals surface area contributed by atoms with E-state index in [0.29, 0.717) is 29.2 Å². The number of H-pyrrole nitrogens is 1. The van der Waals surface area contributed by atoms with Gasteiger partial charge in [-0.25, -0.2) is 13.9 Å². The van der Waals surface area contributed by atoms with Gasteiger partial charge in [-0.05, 0) is 66.6 Å². The fraction of sp³-hybridized carbons (Fsp3) is 0.120. The van der Waals surface area contributed by atoms with Gasteiger partial charge in [0.05, 0.1) is 16.5 Å². The van der Waals surface area contributed by atoms with E-state index in [1.807, 2.05) is 30.3 Å². The third-order valence-corrected chi connectivity index (χ3v) is 7.88. The van der Waals surface area contributed by atoms with Crippen molar-refractivity contribution in [3.63, 3.8) is 0 Å². The van der Waals surface area contributed by atoms with Gasteiger partial charge < -0.3 is 9.72 Å². The van der Waals surface area contributed by atoms with Crippen LogP contribution in [0.15, 0.2) is 77.7 Å². The van der Waals surface area contributed by atoms with Crippen LogP contribution in [-0.2, 0) is 21.2 Å². The van der Waals surface area contributed by atoms with E-state index < -0.39 is 22.0 Å². The maximum atomic E-state index is 13.6. The van der Waals surface area contributed by atoms with Crippen LogP contribution in [0, 0.1) is 11.3 Å². The molecule has 9 nitrogen and oxygen atoms in total. The maximum absolute atomic E-state index is 13.6. The zero-order valence-corrected chi connectivity index (χ0v) is 19.1. The van der Waals surface area contributed by atoms with Gasteiger partial charge >= 0.3 is 0 Å². The normalized spacial score (nSPS) is 15.8. The van der Waals surface area contributed by atoms with Crippen molar-refractivity contribution in [1.29, 1.82) is 5.26 Å². The number of hydroxylamine groups is 1. The monoisotopic (exact) mass is 488 g/mol. The van der Waals surface area contributed by atoms with Crippen LogP contribution >= 0.6 is 0 Å². The SMILES string of the molecule is N#Cc1ccc(Oc2ccc(S(=O)(=O)N3CCc4c([nH]c5ccccc45)C3C(=O)NO)cc2)cc1. The highest BCUT2D eigenvalue weighted by Gasteiger charge is 2.42. The number of fused-ring (bicyclic) bond motifs is 3. The molecule has 4 aromatic rings. The van der Waals surface area contributed by atoms with Crippen LogP contribution < -0.4 is 10.2 Å². The zero-order valence-electron chi connectivity index (χ0n) is 18.3. The molecule has 2 heterocycles. The second kappa shape index (κ2) is 8.88. The largest absolute Gasteiger partial charge is 0.457 e. The van der Waals surface area contributed by atoms with Crippen molar-refractivity contribution < 1.29 is 23.2 Å². The molecule has 1 amide bonds. The number of nitrogens with one attached hydrogen (secondary N) is 2. The summed E-state index contributed by atoms with van der Waals surface area (Å²) in [7, 11) is -4.10. The molecule has 0 saturated carbocycles. The van der Waals surface area contributed by atoms with Crippen molar-refractivity contribution in [2.45, 2.75) is 17.4 Å². The molecule has 176 valence electrons. The van der Waals surface area contributed by atoms with E-state index in [1.54, 1.807) is 29.7 Å². The van der Waals surface area contributed by atoms with Crippen molar-refractivity contribution >= 4 is 26.8 Å². The molecule has 1 aliphatic rings. The number of carbonyl (C=O) groups is 1. The highest BCUT2D eigenvalue weighted by atomic mass is 32.2. The lowest BCUT2D eigenvalue weighted by Crippen LogP contribution is -2.46. The maximum Gasteiger partial charge on any atom is 0.267 e. The Labute approximate surface area is 201 Å². The van der Waals surface area contributed by atoms with Gasteiger partial charge in [-0.3, -0.25) is 10.0 Å². The van der Waals surface area contributed by atoms with E-state index in [4.69, 9.17) is 10.00 Å². The van der Waals surface area contributed by atoms with Crippen LogP contribution in [-0.4, -0.2) is 35.4 Å². The smallest absolute Gasteiger partial charge is 0.267 e. The molecule has 10 heteroatoms. The number of nitrogens with zero attached hydrogens (tertiary/aromatic N) is 2. The number of aromatic nitrogens is 1. The number of rotatable bonds is 5. The third-order valence-electron chi connectivity index (χ3n) is 6.00. The molecule has 1 aromatic heterocycles. The summed E-state index contributed by atoms with van der Waals surface area (Å²) < 4.78 is 33.9. The van der Waals surface area contributed by atoms with Crippen LogP contribution in [0.2, 0.25) is 0 Å². The van der Waals surface area contributed by atoms with E-state index >= 15 is 0 Å². The fourth-order valence-corrected chi connectivity index (χ4v) is 5.91. The topological polar surface area (TPSA) is 136 Å². The van der Waals surface area contributed by atoms with E-state index in [2.05, 4.69) is 4.98 Å². The van der Waals surface area contributed by atoms with E-state index in [0.717, 1.165) is 20.8 Å². The number of para-hydroxylation sites is 1. The number of ether oxygens (including phenoxy) is 1. The van der Waals surface area contributed by atoms with Gasteiger partial charge in [0.1, 0.15) is 17.5 Å². The van der Waals surface area contributed by atoms with Gasteiger partial charge in [-0.1, -0.05) is 18.2 Å². The van der Waals surface area contributed by atoms with Crippen molar-refractivity contribution in [2.75, 3.05) is 6.54 Å². The molecule has 0 aliphatic carbocycles. The van der Waals surface area contributed by atoms with Gasteiger partial charge in [-0.2, -0.15) is 9.57 Å². The molecular formula is C25H20N4O5S. The van der Waals surface area contributed by atoms with Gasteiger partial charge in [-0.15, -0.1) is 0 Å². The minimum absolute atomic E-state index is 0.0139. The molecule has 3 aromatic carbocycles. The first-order valence-electron chi connectivity index (χ1n) is 10.8. The Bertz CT molecular complexity index is 1550. The van der Waals surface area contributed by atoms with Crippen LogP contribution in [0.25, 0.3) is 10.9 Å². The average molecular weight is 489 g/mol. The highest BCUT2D eigenvalue weighted by molar-refractivity contribution is 7.89. The predicted octanol–water partition coefficient (Wildman–Crippen LogP) is 3.63. The summed E-state index contributed by atoms with van der Waals surface area (Å²) in [6.07, 6.45) is 0.410. The van der Waals surface area contributed by atoms with Crippen molar-refractivity contribution in [3.05, 3.63) is 89.6 Å². The van der Waals surface area contributed by atoms with Crippen LogP contribution in [0.1, 0.15) is 22.9 Å². The van der Waals surface area contributed by atoms with Crippen molar-refractivity contribution in [1.82, 2.24) is 14.8 Å². The first-order chi connectivity index (χ1) is 16.9. The number of carbonyl (C=O) groups excluding carboxylic acids is 1. The number of nitriles is 1. The van der Waals surface area contributed by atoms with Crippen molar-refractivity contribution in [2.24, 2.45) is 0 Å². The van der Waals surface area contributed by atoms with Crippen molar-refractivity contribution in [3.8, 4) is 17.6 Å². The molecule has 5 rings (SSSR count). The average Bonchev–Trinajstić information content (AvgIpc) is 3.27. The van der Waals surface area contributed by atoms with Gasteiger partial charge in [0, 0.05) is 23.1 Å². The summed E-state index contributed by atoms with van der Waals surface area (Å²) in [6.45, 7) is 0.0682. The van der Waals surface area contributed by atoms with E-state index in [1.165, 1.54) is 24.3 Å². The number of sulfonamides is 1. The minimum Gasteiger partial charge on any atom is -0.457 e. The molecular weight excluding hydrogens is 468 g/mol. The molecule has 0 bridgehead atoms. The van der Waals surface area contributed by atoms with E-state index in [-0.39, 0.29) is 11.4 Å². The molecule has 0 saturated heterocycles. The minimum atomic E-state index is -4.10. The summed E-state index contributed by atoms with van der Waals surface area (Å²) in [6, 6.07) is 20.6. The van der Waals surface area contributed by atoms with Gasteiger partial charge in [0.2, 0.25) is 10.0 Å². The predicted molar refractivity (Wildman–Crippen MR) is 126 cm³/mol. The Morgan fingerprint density at radius 2 is 1.71 bits per heavy atom. The highest BCUT2D eigenvalue weighted by Crippen LogP contribution is 2.38. The Hall–Kier alpha value is -4.17. The Morgan fingerprint density at radius 3 is 2.37 bits per heavy atom. The van der Waals surface area contributed by atoms with Crippen LogP contribution in [0.4, 0.5) is 0 Å². The molecule has 0 spiro atoms. The molecule has 35 heavy (non-hydrogen) atoms. The molecule has 0 radical (unpaired) electrons. The number of aromatic amines is 1. The molecule has 1 aliphatic heterocycles. The first kappa shape index (κ1) is 22.6. The van der Waals surface area contributed by atoms with E-state index in [9.17, 15) is 18.4 Å². The number of amides is 1. The van der Waals surface area contributed by atoms with Gasteiger partial charge in [0.25, 0.3) is 5.91 Å². The second-order valence-electron chi connectivity index (χ2n) is 8.02. The first-order valence-corrected chi connectivity index (χ1v) is 12.2. The zero-order chi connectivity index (χ0) is 24.6. The summed E-state index contributed by atoms with van der Waals surface area (Å²) in [4.78, 5) is 15.8. The number of benzene rings is 3. The lowest BCUT2D eigenvalue weighted by molar-refractivity contribution is -0.133. The number of hydrogen-bond donors (Lipinski definition) is 3. The molecule has 3 N–H and O–H groups in total. The Kier molecular flexibility index (Phi) is 5.74. The summed E-state index contributed by atoms with van der Waals surface area (Å²) >= 11 is 0. The molecule has 1 unspecified atom stereocenters. The van der Waals surface area contributed by atoms with Crippen LogP contribution in [0.5, 0.6) is 11.5 Å². The summed E-state index contributed by atoms with van der Waals surface area (Å²) in [5.74, 6) is 0.0679. The fourth-order valence-electron chi connectivity index (χ4n) is 4.35. The Balaban J connectivity index is 1.46. The van der Waals surface area contributed by atoms with Gasteiger partial charge in [0.15, 0.2) is 0 Å². The molecule has 1 atom stereocenters. The van der Waals surface area contributed by atoms with Crippen LogP contribution in [0.3, 0.4) is 0 Å².